The normalized spacial score (nSPS) is 12.0. The van der Waals surface area contributed by atoms with Crippen LogP contribution in [0.1, 0.15) is 21.5 Å². The van der Waals surface area contributed by atoms with Crippen LogP contribution in [0, 0.1) is 0 Å². The second-order valence-corrected chi connectivity index (χ2v) is 11.1. The molecule has 0 aromatic heterocycles. The number of nitrogens with one attached hydrogen (secondary N) is 2. The fraction of sp³-hybridized carbons (Fsp3) is 0.103. The van der Waals surface area contributed by atoms with Crippen molar-refractivity contribution in [2.24, 2.45) is 0 Å². The van der Waals surface area contributed by atoms with Crippen LogP contribution in [0.15, 0.2) is 102 Å². The number of ether oxygens (including phenoxy) is 1. The smallest absolute Gasteiger partial charge is 0.242 e. The molecule has 39 heavy (non-hydrogen) atoms. The van der Waals surface area contributed by atoms with Gasteiger partial charge in [0, 0.05) is 16.1 Å². The molecule has 10 heteroatoms. The Balaban J connectivity index is 1.66. The monoisotopic (exact) mass is 582 g/mol. The average Bonchev–Trinajstić information content (AvgIpc) is 2.94. The minimum absolute atomic E-state index is 0.0470. The number of methoxy groups -OCH3 is 1. The van der Waals surface area contributed by atoms with Crippen molar-refractivity contribution >= 4 is 50.6 Å². The molecule has 0 aliphatic rings. The summed E-state index contributed by atoms with van der Waals surface area (Å²) in [6.07, 6.45) is 0.0470. The molecule has 0 aliphatic carbocycles. The molecule has 4 aromatic rings. The van der Waals surface area contributed by atoms with Gasteiger partial charge in [0.15, 0.2) is 5.78 Å². The third-order valence-electron chi connectivity index (χ3n) is 5.85. The van der Waals surface area contributed by atoms with Gasteiger partial charge in [0.2, 0.25) is 15.9 Å². The zero-order valence-electron chi connectivity index (χ0n) is 20.7. The minimum atomic E-state index is -4.18. The van der Waals surface area contributed by atoms with Gasteiger partial charge in [-0.2, -0.15) is 4.72 Å². The van der Waals surface area contributed by atoms with E-state index in [2.05, 4.69) is 10.0 Å². The van der Waals surface area contributed by atoms with Gasteiger partial charge in [0.1, 0.15) is 11.8 Å². The second-order valence-electron chi connectivity index (χ2n) is 8.53. The van der Waals surface area contributed by atoms with Gasteiger partial charge >= 0.3 is 0 Å². The molecular weight excluding hydrogens is 559 g/mol. The maximum atomic E-state index is 13.6. The van der Waals surface area contributed by atoms with E-state index in [1.807, 2.05) is 6.07 Å². The van der Waals surface area contributed by atoms with Crippen molar-refractivity contribution in [3.8, 4) is 5.75 Å². The van der Waals surface area contributed by atoms with E-state index in [4.69, 9.17) is 27.9 Å². The van der Waals surface area contributed by atoms with E-state index in [1.54, 1.807) is 54.6 Å². The number of ketones is 1. The molecule has 0 spiro atoms. The van der Waals surface area contributed by atoms with Gasteiger partial charge in [0.05, 0.1) is 22.7 Å². The lowest BCUT2D eigenvalue weighted by Gasteiger charge is -2.20. The summed E-state index contributed by atoms with van der Waals surface area (Å²) >= 11 is 12.3. The Bertz CT molecular complexity index is 1600. The first kappa shape index (κ1) is 28.3. The lowest BCUT2D eigenvalue weighted by molar-refractivity contribution is -0.117. The molecule has 0 fully saturated rings. The van der Waals surface area contributed by atoms with E-state index in [1.165, 1.54) is 43.5 Å². The van der Waals surface area contributed by atoms with Gasteiger partial charge in [-0.05, 0) is 48.4 Å². The predicted molar refractivity (Wildman–Crippen MR) is 152 cm³/mol. The summed E-state index contributed by atoms with van der Waals surface area (Å²) in [5.74, 6) is -0.694. The quantitative estimate of drug-likeness (QED) is 0.231. The van der Waals surface area contributed by atoms with E-state index < -0.39 is 22.0 Å². The molecule has 7 nitrogen and oxygen atoms in total. The number of anilines is 1. The van der Waals surface area contributed by atoms with Crippen molar-refractivity contribution in [3.63, 3.8) is 0 Å². The molecule has 200 valence electrons. The number of carbonyl (C=O) groups is 2. The standard InChI is InChI=1S/C29H24Cl2N2O5S/c1-38-27-15-13-22(18-24(27)31)39(36,37)33-26(16-19-8-4-2-5-9-19)29(35)32-25-14-12-21(30)17-23(25)28(34)20-10-6-3-7-11-20/h2-15,17-18,26,33H,16H2,1H3,(H,32,35)/t26-/m1/s1. The number of hydrogen-bond donors (Lipinski definition) is 2. The summed E-state index contributed by atoms with van der Waals surface area (Å²) in [5.41, 5.74) is 1.51. The van der Waals surface area contributed by atoms with E-state index in [0.717, 1.165) is 5.56 Å². The van der Waals surface area contributed by atoms with Crippen molar-refractivity contribution in [3.05, 3.63) is 124 Å². The molecular formula is C29H24Cl2N2O5S. The number of amides is 1. The lowest BCUT2D eigenvalue weighted by Crippen LogP contribution is -2.45. The van der Waals surface area contributed by atoms with Crippen molar-refractivity contribution < 1.29 is 22.7 Å². The van der Waals surface area contributed by atoms with Gasteiger partial charge in [0.25, 0.3) is 0 Å². The molecule has 0 heterocycles. The molecule has 0 saturated carbocycles. The molecule has 0 aliphatic heterocycles. The number of halogens is 2. The summed E-state index contributed by atoms with van der Waals surface area (Å²) in [5, 5.41) is 3.14. The van der Waals surface area contributed by atoms with Gasteiger partial charge < -0.3 is 10.1 Å². The third-order valence-corrected chi connectivity index (χ3v) is 7.85. The van der Waals surface area contributed by atoms with Crippen molar-refractivity contribution in [2.45, 2.75) is 17.4 Å². The molecule has 1 atom stereocenters. The van der Waals surface area contributed by atoms with E-state index in [-0.39, 0.29) is 33.4 Å². The number of hydrogen-bond acceptors (Lipinski definition) is 5. The summed E-state index contributed by atoms with van der Waals surface area (Å²) in [6.45, 7) is 0. The Morgan fingerprint density at radius 1 is 0.872 bits per heavy atom. The highest BCUT2D eigenvalue weighted by Gasteiger charge is 2.28. The van der Waals surface area contributed by atoms with Crippen molar-refractivity contribution in [1.82, 2.24) is 4.72 Å². The molecule has 4 aromatic carbocycles. The van der Waals surface area contributed by atoms with Gasteiger partial charge in [-0.15, -0.1) is 0 Å². The van der Waals surface area contributed by atoms with Crippen LogP contribution in [0.5, 0.6) is 5.75 Å². The topological polar surface area (TPSA) is 102 Å². The maximum absolute atomic E-state index is 13.6. The highest BCUT2D eigenvalue weighted by atomic mass is 35.5. The lowest BCUT2D eigenvalue weighted by atomic mass is 10.0. The van der Waals surface area contributed by atoms with E-state index in [9.17, 15) is 18.0 Å². The fourth-order valence-electron chi connectivity index (χ4n) is 3.89. The summed E-state index contributed by atoms with van der Waals surface area (Å²) in [4.78, 5) is 26.6. The van der Waals surface area contributed by atoms with Crippen LogP contribution < -0.4 is 14.8 Å². The Morgan fingerprint density at radius 2 is 1.54 bits per heavy atom. The Kier molecular flexibility index (Phi) is 9.04. The number of benzene rings is 4. The molecule has 0 saturated heterocycles. The number of sulfonamides is 1. The minimum Gasteiger partial charge on any atom is -0.495 e. The Labute approximate surface area is 236 Å². The summed E-state index contributed by atoms with van der Waals surface area (Å²) in [6, 6.07) is 24.8. The number of carbonyl (C=O) groups excluding carboxylic acids is 2. The SMILES string of the molecule is COc1ccc(S(=O)(=O)N[C@H](Cc2ccccc2)C(=O)Nc2ccc(Cl)cc2C(=O)c2ccccc2)cc1Cl. The highest BCUT2D eigenvalue weighted by molar-refractivity contribution is 7.89. The van der Waals surface area contributed by atoms with Crippen molar-refractivity contribution in [1.29, 1.82) is 0 Å². The molecule has 4 rings (SSSR count). The zero-order chi connectivity index (χ0) is 28.0. The predicted octanol–water partition coefficient (Wildman–Crippen LogP) is 5.76. The van der Waals surface area contributed by atoms with Gasteiger partial charge in [-0.1, -0.05) is 83.9 Å². The van der Waals surface area contributed by atoms with Crippen LogP contribution in [0.2, 0.25) is 10.0 Å². The first-order valence-corrected chi connectivity index (χ1v) is 14.0. The van der Waals surface area contributed by atoms with Crippen LogP contribution in [0.3, 0.4) is 0 Å². The van der Waals surface area contributed by atoms with Crippen LogP contribution >= 0.6 is 23.2 Å². The van der Waals surface area contributed by atoms with E-state index in [0.29, 0.717) is 16.3 Å². The highest BCUT2D eigenvalue weighted by Crippen LogP contribution is 2.28. The van der Waals surface area contributed by atoms with E-state index >= 15 is 0 Å². The molecule has 0 unspecified atom stereocenters. The zero-order valence-corrected chi connectivity index (χ0v) is 23.1. The molecule has 0 radical (unpaired) electrons. The third kappa shape index (κ3) is 7.04. The Morgan fingerprint density at radius 3 is 2.18 bits per heavy atom. The molecule has 2 N–H and O–H groups in total. The fourth-order valence-corrected chi connectivity index (χ4v) is 5.60. The van der Waals surface area contributed by atoms with Crippen LogP contribution in [0.4, 0.5) is 5.69 Å². The first-order valence-electron chi connectivity index (χ1n) is 11.8. The van der Waals surface area contributed by atoms with Gasteiger partial charge in [-0.3, -0.25) is 9.59 Å². The first-order chi connectivity index (χ1) is 18.7. The molecule has 1 amide bonds. The van der Waals surface area contributed by atoms with Gasteiger partial charge in [-0.25, -0.2) is 8.42 Å². The maximum Gasteiger partial charge on any atom is 0.242 e. The largest absolute Gasteiger partial charge is 0.495 e. The van der Waals surface area contributed by atoms with Crippen LogP contribution in [-0.4, -0.2) is 33.3 Å². The summed E-state index contributed by atoms with van der Waals surface area (Å²) < 4.78 is 34.2. The van der Waals surface area contributed by atoms with Crippen LogP contribution in [-0.2, 0) is 21.2 Å². The van der Waals surface area contributed by atoms with Crippen molar-refractivity contribution in [2.75, 3.05) is 12.4 Å². The Hall–Kier alpha value is -3.69. The summed E-state index contributed by atoms with van der Waals surface area (Å²) in [7, 11) is -2.76. The number of rotatable bonds is 10. The average molecular weight is 583 g/mol. The second kappa shape index (κ2) is 12.4. The molecule has 0 bridgehead atoms. The van der Waals surface area contributed by atoms with Crippen LogP contribution in [0.25, 0.3) is 0 Å².